The number of carbonyl (C=O) groups excluding carboxylic acids is 3. The Morgan fingerprint density at radius 2 is 1.94 bits per heavy atom. The van der Waals surface area contributed by atoms with Crippen molar-refractivity contribution < 1.29 is 19.1 Å². The maximum absolute atomic E-state index is 12.8. The van der Waals surface area contributed by atoms with Crippen molar-refractivity contribution in [2.24, 2.45) is 5.73 Å². The first-order chi connectivity index (χ1) is 16.7. The third-order valence-corrected chi connectivity index (χ3v) is 8.44. The van der Waals surface area contributed by atoms with Gasteiger partial charge in [0.25, 0.3) is 5.91 Å². The van der Waals surface area contributed by atoms with Gasteiger partial charge < -0.3 is 20.4 Å². The fraction of sp³-hybridized carbons (Fsp3) is 0.435. The summed E-state index contributed by atoms with van der Waals surface area (Å²) in [6, 6.07) is 0. The molecular weight excluding hydrogens is 506 g/mol. The molecule has 0 aliphatic heterocycles. The van der Waals surface area contributed by atoms with E-state index in [9.17, 15) is 14.4 Å². The molecule has 2 amide bonds. The van der Waals surface area contributed by atoms with Crippen molar-refractivity contribution in [1.29, 1.82) is 0 Å². The second-order valence-corrected chi connectivity index (χ2v) is 10.7. The summed E-state index contributed by atoms with van der Waals surface area (Å²) >= 11 is 3.93. The Kier molecular flexibility index (Phi) is 9.09. The molecular formula is C23H29N5O4S3. The first-order valence-corrected chi connectivity index (χ1v) is 13.9. The van der Waals surface area contributed by atoms with Crippen LogP contribution in [0.2, 0.25) is 0 Å². The molecule has 3 aromatic rings. The topological polar surface area (TPSA) is 129 Å². The summed E-state index contributed by atoms with van der Waals surface area (Å²) in [6.45, 7) is 10.5. The smallest absolute Gasteiger partial charge is 0.341 e. The number of hydrogen-bond donors (Lipinski definition) is 2. The highest BCUT2D eigenvalue weighted by atomic mass is 32.2. The number of amides is 2. The van der Waals surface area contributed by atoms with E-state index in [4.69, 9.17) is 10.5 Å². The highest BCUT2D eigenvalue weighted by molar-refractivity contribution is 7.99. The number of hydrogen-bond acceptors (Lipinski definition) is 9. The predicted molar refractivity (Wildman–Crippen MR) is 141 cm³/mol. The van der Waals surface area contributed by atoms with E-state index in [0.29, 0.717) is 10.7 Å². The molecule has 9 nitrogen and oxygen atoms in total. The summed E-state index contributed by atoms with van der Waals surface area (Å²) in [4.78, 5) is 38.5. The molecule has 12 heteroatoms. The lowest BCUT2D eigenvalue weighted by Gasteiger charge is -2.10. The number of nitrogens with zero attached hydrogens (tertiary/aromatic N) is 3. The quantitative estimate of drug-likeness (QED) is 0.270. The molecule has 0 atom stereocenters. The van der Waals surface area contributed by atoms with Crippen LogP contribution in [0, 0.1) is 13.8 Å². The van der Waals surface area contributed by atoms with Gasteiger partial charge in [0.05, 0.1) is 22.8 Å². The normalized spacial score (nSPS) is 11.0. The number of nitrogens with one attached hydrogen (secondary N) is 1. The van der Waals surface area contributed by atoms with Gasteiger partial charge >= 0.3 is 5.97 Å². The zero-order chi connectivity index (χ0) is 25.7. The molecule has 0 saturated heterocycles. The van der Waals surface area contributed by atoms with Crippen LogP contribution < -0.4 is 11.1 Å². The molecule has 0 bridgehead atoms. The molecule has 3 heterocycles. The first-order valence-electron chi connectivity index (χ1n) is 11.3. The van der Waals surface area contributed by atoms with Gasteiger partial charge in [-0.3, -0.25) is 9.59 Å². The van der Waals surface area contributed by atoms with Crippen molar-refractivity contribution in [3.8, 4) is 11.4 Å². The van der Waals surface area contributed by atoms with Gasteiger partial charge in [-0.1, -0.05) is 25.6 Å². The van der Waals surface area contributed by atoms with E-state index in [1.165, 1.54) is 22.2 Å². The Morgan fingerprint density at radius 3 is 2.57 bits per heavy atom. The predicted octanol–water partition coefficient (Wildman–Crippen LogP) is 4.66. The fourth-order valence-electron chi connectivity index (χ4n) is 3.70. The van der Waals surface area contributed by atoms with Crippen LogP contribution in [0.25, 0.3) is 11.4 Å². The summed E-state index contributed by atoms with van der Waals surface area (Å²) in [5.74, 6) is -0.757. The van der Waals surface area contributed by atoms with Crippen molar-refractivity contribution >= 4 is 57.2 Å². The third-order valence-electron chi connectivity index (χ3n) is 5.30. The lowest BCUT2D eigenvalue weighted by atomic mass is 10.1. The Labute approximate surface area is 216 Å². The van der Waals surface area contributed by atoms with Gasteiger partial charge in [-0.25, -0.2) is 4.79 Å². The number of thioether (sulfide) groups is 1. The van der Waals surface area contributed by atoms with E-state index in [-0.39, 0.29) is 33.7 Å². The van der Waals surface area contributed by atoms with Gasteiger partial charge in [-0.15, -0.1) is 32.9 Å². The monoisotopic (exact) mass is 535 g/mol. The summed E-state index contributed by atoms with van der Waals surface area (Å²) in [5.41, 5.74) is 8.34. The third kappa shape index (κ3) is 5.76. The Hall–Kier alpha value is -2.70. The Balaban J connectivity index is 1.81. The average Bonchev–Trinajstić information content (AvgIpc) is 3.47. The number of primary amides is 1. The zero-order valence-electron chi connectivity index (χ0n) is 20.4. The molecule has 0 unspecified atom stereocenters. The first kappa shape index (κ1) is 26.9. The summed E-state index contributed by atoms with van der Waals surface area (Å²) in [5, 5.41) is 14.5. The summed E-state index contributed by atoms with van der Waals surface area (Å²) in [6.07, 6.45) is 1.80. The van der Waals surface area contributed by atoms with Gasteiger partial charge in [0, 0.05) is 22.4 Å². The maximum Gasteiger partial charge on any atom is 0.341 e. The second-order valence-electron chi connectivity index (χ2n) is 7.68. The number of ether oxygens (including phenoxy) is 1. The van der Waals surface area contributed by atoms with Crippen LogP contribution in [0.3, 0.4) is 0 Å². The van der Waals surface area contributed by atoms with Crippen molar-refractivity contribution in [3.63, 3.8) is 0 Å². The highest BCUT2D eigenvalue weighted by Gasteiger charge is 2.26. The molecule has 35 heavy (non-hydrogen) atoms. The molecule has 3 rings (SSSR count). The fourth-order valence-corrected chi connectivity index (χ4v) is 6.47. The van der Waals surface area contributed by atoms with Crippen LogP contribution in [0.1, 0.15) is 63.2 Å². The van der Waals surface area contributed by atoms with Crippen molar-refractivity contribution in [1.82, 2.24) is 14.8 Å². The highest BCUT2D eigenvalue weighted by Crippen LogP contribution is 2.35. The molecule has 0 aliphatic rings. The largest absolute Gasteiger partial charge is 0.462 e. The standard InChI is InChI=1S/C23H29N5O4S3/c1-6-9-28-20(15-10-33-13(5)14(15)7-2)26-27-23(28)34-11-16(29)25-21-17(22(31)32-8-3)12(4)18(35-21)19(24)30/h10H,6-9,11H2,1-5H3,(H2,24,30)(H,25,29). The van der Waals surface area contributed by atoms with E-state index in [0.717, 1.165) is 42.1 Å². The number of aryl methyl sites for hydroxylation is 1. The number of aromatic nitrogens is 3. The van der Waals surface area contributed by atoms with Crippen molar-refractivity contribution in [2.45, 2.75) is 59.2 Å². The molecule has 3 N–H and O–H groups in total. The van der Waals surface area contributed by atoms with Gasteiger partial charge in [-0.2, -0.15) is 0 Å². The van der Waals surface area contributed by atoms with E-state index >= 15 is 0 Å². The van der Waals surface area contributed by atoms with Gasteiger partial charge in [0.1, 0.15) is 5.00 Å². The molecule has 0 aromatic carbocycles. The zero-order valence-corrected chi connectivity index (χ0v) is 22.8. The van der Waals surface area contributed by atoms with Crippen LogP contribution >= 0.6 is 34.4 Å². The minimum Gasteiger partial charge on any atom is -0.462 e. The number of rotatable bonds is 11. The SMILES string of the molecule is CCCn1c(SCC(=O)Nc2sc(C(N)=O)c(C)c2C(=O)OCC)nnc1-c1csc(C)c1CC. The molecule has 0 radical (unpaired) electrons. The van der Waals surface area contributed by atoms with Crippen LogP contribution in [0.15, 0.2) is 10.5 Å². The van der Waals surface area contributed by atoms with Crippen LogP contribution in [-0.2, 0) is 22.5 Å². The van der Waals surface area contributed by atoms with Crippen molar-refractivity contribution in [2.75, 3.05) is 17.7 Å². The van der Waals surface area contributed by atoms with Crippen molar-refractivity contribution in [3.05, 3.63) is 31.8 Å². The van der Waals surface area contributed by atoms with Crippen LogP contribution in [0.5, 0.6) is 0 Å². The number of thiophene rings is 2. The number of carbonyl (C=O) groups is 3. The van der Waals surface area contributed by atoms with Gasteiger partial charge in [0.15, 0.2) is 11.0 Å². The minimum atomic E-state index is -0.664. The van der Waals surface area contributed by atoms with E-state index in [2.05, 4.69) is 41.7 Å². The van der Waals surface area contributed by atoms with E-state index < -0.39 is 11.9 Å². The van der Waals surface area contributed by atoms with Crippen LogP contribution in [-0.4, -0.2) is 44.9 Å². The number of anilines is 1. The Morgan fingerprint density at radius 1 is 1.20 bits per heavy atom. The molecule has 188 valence electrons. The lowest BCUT2D eigenvalue weighted by molar-refractivity contribution is -0.113. The molecule has 0 aliphatic carbocycles. The number of esters is 1. The lowest BCUT2D eigenvalue weighted by Crippen LogP contribution is -2.17. The minimum absolute atomic E-state index is 0.0519. The molecule has 0 fully saturated rings. The second kappa shape index (κ2) is 11.8. The summed E-state index contributed by atoms with van der Waals surface area (Å²) < 4.78 is 7.14. The van der Waals surface area contributed by atoms with Crippen LogP contribution in [0.4, 0.5) is 5.00 Å². The molecule has 0 saturated carbocycles. The molecule has 3 aromatic heterocycles. The average molecular weight is 536 g/mol. The molecule has 0 spiro atoms. The van der Waals surface area contributed by atoms with Gasteiger partial charge in [0.2, 0.25) is 5.91 Å². The van der Waals surface area contributed by atoms with Gasteiger partial charge in [-0.05, 0) is 44.7 Å². The number of nitrogens with two attached hydrogens (primary N) is 1. The van der Waals surface area contributed by atoms with E-state index in [1.54, 1.807) is 25.2 Å². The maximum atomic E-state index is 12.8. The summed E-state index contributed by atoms with van der Waals surface area (Å²) in [7, 11) is 0. The van der Waals surface area contributed by atoms with E-state index in [1.807, 2.05) is 4.57 Å². The Bertz CT molecular complexity index is 1240.